The van der Waals surface area contributed by atoms with E-state index in [0.29, 0.717) is 24.4 Å². The monoisotopic (exact) mass is 273 g/mol. The van der Waals surface area contributed by atoms with E-state index in [2.05, 4.69) is 12.2 Å². The Balaban J connectivity index is 1.77. The van der Waals surface area contributed by atoms with Gasteiger partial charge in [0.15, 0.2) is 5.78 Å². The number of Topliss-reactive ketones (excluding diaryl/α,β-unsaturated/α-hetero) is 1. The van der Waals surface area contributed by atoms with E-state index in [1.807, 2.05) is 24.3 Å². The van der Waals surface area contributed by atoms with Gasteiger partial charge in [0, 0.05) is 24.4 Å². The van der Waals surface area contributed by atoms with Crippen molar-refractivity contribution in [3.63, 3.8) is 0 Å². The molecule has 1 aliphatic carbocycles. The third-order valence-corrected chi connectivity index (χ3v) is 3.98. The summed E-state index contributed by atoms with van der Waals surface area (Å²) < 4.78 is 0. The minimum absolute atomic E-state index is 0.00966. The fraction of sp³-hybridized carbons (Fsp3) is 0.529. The van der Waals surface area contributed by atoms with Crippen molar-refractivity contribution in [1.82, 2.24) is 5.32 Å². The van der Waals surface area contributed by atoms with Gasteiger partial charge in [-0.3, -0.25) is 9.59 Å². The van der Waals surface area contributed by atoms with Crippen LogP contribution in [0.5, 0.6) is 0 Å². The van der Waals surface area contributed by atoms with Crippen molar-refractivity contribution in [2.45, 2.75) is 57.9 Å². The molecule has 0 unspecified atom stereocenters. The maximum absolute atomic E-state index is 12.0. The average molecular weight is 273 g/mol. The van der Waals surface area contributed by atoms with Crippen LogP contribution >= 0.6 is 0 Å². The van der Waals surface area contributed by atoms with Crippen LogP contribution in [0.25, 0.3) is 0 Å². The largest absolute Gasteiger partial charge is 0.353 e. The first-order valence-corrected chi connectivity index (χ1v) is 7.60. The smallest absolute Gasteiger partial charge is 0.220 e. The highest BCUT2D eigenvalue weighted by Crippen LogP contribution is 2.17. The van der Waals surface area contributed by atoms with Gasteiger partial charge in [0.25, 0.3) is 0 Å². The molecule has 0 bridgehead atoms. The van der Waals surface area contributed by atoms with Crippen LogP contribution in [-0.2, 0) is 11.2 Å². The Morgan fingerprint density at radius 2 is 1.75 bits per heavy atom. The van der Waals surface area contributed by atoms with Crippen LogP contribution in [0.3, 0.4) is 0 Å². The summed E-state index contributed by atoms with van der Waals surface area (Å²) in [7, 11) is 0. The number of carbonyl (C=O) groups is 2. The SMILES string of the molecule is CCc1ccc(C(=O)CCC(=O)NC2CCCC2)cc1. The van der Waals surface area contributed by atoms with Crippen LogP contribution in [0.2, 0.25) is 0 Å². The Morgan fingerprint density at radius 3 is 2.35 bits per heavy atom. The van der Waals surface area contributed by atoms with Gasteiger partial charge in [-0.25, -0.2) is 0 Å². The van der Waals surface area contributed by atoms with Crippen LogP contribution in [0.4, 0.5) is 0 Å². The van der Waals surface area contributed by atoms with E-state index in [4.69, 9.17) is 0 Å². The van der Waals surface area contributed by atoms with E-state index < -0.39 is 0 Å². The molecule has 0 atom stereocenters. The van der Waals surface area contributed by atoms with Crippen molar-refractivity contribution in [1.29, 1.82) is 0 Å². The van der Waals surface area contributed by atoms with Crippen LogP contribution < -0.4 is 5.32 Å². The molecule has 1 saturated carbocycles. The zero-order valence-electron chi connectivity index (χ0n) is 12.2. The summed E-state index contributed by atoms with van der Waals surface area (Å²) in [5, 5.41) is 3.01. The number of hydrogen-bond donors (Lipinski definition) is 1. The van der Waals surface area contributed by atoms with E-state index in [1.54, 1.807) is 0 Å². The first-order chi connectivity index (χ1) is 9.69. The number of hydrogen-bond acceptors (Lipinski definition) is 2. The Bertz CT molecular complexity index is 458. The molecule has 0 aromatic heterocycles. The minimum Gasteiger partial charge on any atom is -0.353 e. The molecular formula is C17H23NO2. The molecule has 1 fully saturated rings. The van der Waals surface area contributed by atoms with Gasteiger partial charge < -0.3 is 5.32 Å². The van der Waals surface area contributed by atoms with Gasteiger partial charge in [-0.2, -0.15) is 0 Å². The van der Waals surface area contributed by atoms with Crippen LogP contribution in [0.15, 0.2) is 24.3 Å². The molecule has 108 valence electrons. The maximum Gasteiger partial charge on any atom is 0.220 e. The molecule has 1 amide bonds. The van der Waals surface area contributed by atoms with Crippen LogP contribution in [0, 0.1) is 0 Å². The highest BCUT2D eigenvalue weighted by molar-refractivity contribution is 5.97. The number of aryl methyl sites for hydroxylation is 1. The quantitative estimate of drug-likeness (QED) is 0.809. The standard InChI is InChI=1S/C17H23NO2/c1-2-13-7-9-14(10-8-13)16(19)11-12-17(20)18-15-5-3-4-6-15/h7-10,15H,2-6,11-12H2,1H3,(H,18,20). The summed E-state index contributed by atoms with van der Waals surface area (Å²) in [5.74, 6) is 0.0599. The number of ketones is 1. The number of amides is 1. The first-order valence-electron chi connectivity index (χ1n) is 7.60. The zero-order chi connectivity index (χ0) is 14.4. The number of benzene rings is 1. The van der Waals surface area contributed by atoms with Gasteiger partial charge in [0.05, 0.1) is 0 Å². The average Bonchev–Trinajstić information content (AvgIpc) is 2.97. The third-order valence-electron chi connectivity index (χ3n) is 3.98. The lowest BCUT2D eigenvalue weighted by Crippen LogP contribution is -2.32. The molecule has 0 spiro atoms. The van der Waals surface area contributed by atoms with E-state index in [1.165, 1.54) is 18.4 Å². The minimum atomic E-state index is 0.00966. The number of rotatable bonds is 6. The van der Waals surface area contributed by atoms with Crippen LogP contribution in [-0.4, -0.2) is 17.7 Å². The van der Waals surface area contributed by atoms with Crippen LogP contribution in [0.1, 0.15) is 61.4 Å². The fourth-order valence-electron chi connectivity index (χ4n) is 2.67. The van der Waals surface area contributed by atoms with Gasteiger partial charge in [0.2, 0.25) is 5.91 Å². The molecule has 0 radical (unpaired) electrons. The normalized spacial score (nSPS) is 15.2. The van der Waals surface area contributed by atoms with E-state index >= 15 is 0 Å². The summed E-state index contributed by atoms with van der Waals surface area (Å²) in [4.78, 5) is 23.8. The molecule has 3 heteroatoms. The van der Waals surface area contributed by atoms with Gasteiger partial charge in [0.1, 0.15) is 0 Å². The predicted molar refractivity (Wildman–Crippen MR) is 79.8 cm³/mol. The van der Waals surface area contributed by atoms with E-state index in [0.717, 1.165) is 19.3 Å². The number of carbonyl (C=O) groups excluding carboxylic acids is 2. The lowest BCUT2D eigenvalue weighted by atomic mass is 10.0. The maximum atomic E-state index is 12.0. The molecule has 0 saturated heterocycles. The molecule has 1 N–H and O–H groups in total. The molecule has 1 aromatic rings. The van der Waals surface area contributed by atoms with Crippen molar-refractivity contribution in [2.75, 3.05) is 0 Å². The molecule has 0 aliphatic heterocycles. The molecule has 3 nitrogen and oxygen atoms in total. The molecule has 20 heavy (non-hydrogen) atoms. The summed E-state index contributed by atoms with van der Waals surface area (Å²) in [6, 6.07) is 8.01. The van der Waals surface area contributed by atoms with Gasteiger partial charge in [-0.15, -0.1) is 0 Å². The Kier molecular flexibility index (Phi) is 5.33. The number of nitrogens with one attached hydrogen (secondary N) is 1. The lowest BCUT2D eigenvalue weighted by Gasteiger charge is -2.11. The van der Waals surface area contributed by atoms with Crippen molar-refractivity contribution >= 4 is 11.7 Å². The van der Waals surface area contributed by atoms with Gasteiger partial charge >= 0.3 is 0 Å². The van der Waals surface area contributed by atoms with Crippen molar-refractivity contribution in [2.24, 2.45) is 0 Å². The van der Waals surface area contributed by atoms with Crippen molar-refractivity contribution < 1.29 is 9.59 Å². The fourth-order valence-corrected chi connectivity index (χ4v) is 2.67. The summed E-state index contributed by atoms with van der Waals surface area (Å²) in [6.07, 6.45) is 6.13. The van der Waals surface area contributed by atoms with E-state index in [-0.39, 0.29) is 11.7 Å². The Labute approximate surface area is 120 Å². The lowest BCUT2D eigenvalue weighted by molar-refractivity contribution is -0.121. The third kappa shape index (κ3) is 4.19. The summed E-state index contributed by atoms with van der Waals surface area (Å²) in [5.41, 5.74) is 1.93. The second-order valence-corrected chi connectivity index (χ2v) is 5.52. The second kappa shape index (κ2) is 7.22. The predicted octanol–water partition coefficient (Wildman–Crippen LogP) is 3.27. The second-order valence-electron chi connectivity index (χ2n) is 5.52. The molecule has 2 rings (SSSR count). The Hall–Kier alpha value is -1.64. The summed E-state index contributed by atoms with van der Waals surface area (Å²) >= 11 is 0. The van der Waals surface area contributed by atoms with Gasteiger partial charge in [-0.1, -0.05) is 44.0 Å². The summed E-state index contributed by atoms with van der Waals surface area (Å²) in [6.45, 7) is 2.09. The van der Waals surface area contributed by atoms with Crippen molar-refractivity contribution in [3.05, 3.63) is 35.4 Å². The Morgan fingerprint density at radius 1 is 1.10 bits per heavy atom. The molecule has 0 heterocycles. The highest BCUT2D eigenvalue weighted by Gasteiger charge is 2.17. The highest BCUT2D eigenvalue weighted by atomic mass is 16.2. The zero-order valence-corrected chi connectivity index (χ0v) is 12.2. The topological polar surface area (TPSA) is 46.2 Å². The van der Waals surface area contributed by atoms with Gasteiger partial charge in [-0.05, 0) is 24.8 Å². The molecular weight excluding hydrogens is 250 g/mol. The molecule has 1 aliphatic rings. The molecule has 1 aromatic carbocycles. The van der Waals surface area contributed by atoms with E-state index in [9.17, 15) is 9.59 Å². The van der Waals surface area contributed by atoms with Crippen molar-refractivity contribution in [3.8, 4) is 0 Å². The first kappa shape index (κ1) is 14.8.